The Kier molecular flexibility index (Phi) is 7.85. The van der Waals surface area contributed by atoms with Crippen molar-refractivity contribution in [1.29, 1.82) is 0 Å². The highest BCUT2D eigenvalue weighted by Gasteiger charge is 2.16. The van der Waals surface area contributed by atoms with Crippen molar-refractivity contribution in [3.8, 4) is 5.75 Å². The molecule has 0 atom stereocenters. The van der Waals surface area contributed by atoms with Crippen LogP contribution in [0.15, 0.2) is 47.4 Å². The van der Waals surface area contributed by atoms with Gasteiger partial charge in [0.2, 0.25) is 10.0 Å². The maximum Gasteiger partial charge on any atom is 0.307 e. The Morgan fingerprint density at radius 2 is 1.82 bits per heavy atom. The number of carboxylic acid groups (broad SMARTS) is 1. The molecule has 1 aromatic heterocycles. The molecule has 0 amide bonds. The van der Waals surface area contributed by atoms with Crippen LogP contribution in [0.4, 0.5) is 0 Å². The first-order chi connectivity index (χ1) is 16.1. The van der Waals surface area contributed by atoms with Gasteiger partial charge >= 0.3 is 5.97 Å². The van der Waals surface area contributed by atoms with Crippen molar-refractivity contribution in [3.63, 3.8) is 0 Å². The molecule has 1 heterocycles. The summed E-state index contributed by atoms with van der Waals surface area (Å²) in [6.45, 7) is 4.18. The highest BCUT2D eigenvalue weighted by molar-refractivity contribution is 7.89. The van der Waals surface area contributed by atoms with Gasteiger partial charge in [0.25, 0.3) is 0 Å². The van der Waals surface area contributed by atoms with Crippen molar-refractivity contribution in [2.75, 3.05) is 13.7 Å². The molecule has 2 N–H and O–H groups in total. The van der Waals surface area contributed by atoms with Gasteiger partial charge in [-0.25, -0.2) is 13.1 Å². The van der Waals surface area contributed by atoms with Gasteiger partial charge in [-0.05, 0) is 55.7 Å². The zero-order valence-corrected chi connectivity index (χ0v) is 20.1. The number of aliphatic carboxylic acids is 1. The summed E-state index contributed by atoms with van der Waals surface area (Å²) in [7, 11) is -2.22. The number of carbonyl (C=O) groups excluding carboxylic acids is 1. The minimum Gasteiger partial charge on any atom is -0.496 e. The van der Waals surface area contributed by atoms with Gasteiger partial charge in [-0.3, -0.25) is 14.3 Å². The van der Waals surface area contributed by atoms with Crippen LogP contribution < -0.4 is 9.46 Å². The molecule has 0 bridgehead atoms. The number of benzene rings is 2. The fourth-order valence-corrected chi connectivity index (χ4v) is 4.70. The summed E-state index contributed by atoms with van der Waals surface area (Å²) in [6.07, 6.45) is 1.05. The number of nitrogens with zero attached hydrogens (tertiary/aromatic N) is 2. The molecule has 9 nitrogen and oxygen atoms in total. The maximum absolute atomic E-state index is 12.7. The highest BCUT2D eigenvalue weighted by Crippen LogP contribution is 2.19. The molecule has 0 aliphatic rings. The van der Waals surface area contributed by atoms with Gasteiger partial charge < -0.3 is 9.84 Å². The summed E-state index contributed by atoms with van der Waals surface area (Å²) in [5.74, 6) is -0.464. The van der Waals surface area contributed by atoms with Crippen molar-refractivity contribution in [1.82, 2.24) is 14.5 Å². The number of carbonyl (C=O) groups is 2. The largest absolute Gasteiger partial charge is 0.496 e. The number of nitrogens with one attached hydrogen (secondary N) is 1. The summed E-state index contributed by atoms with van der Waals surface area (Å²) >= 11 is 0. The van der Waals surface area contributed by atoms with E-state index in [1.165, 1.54) is 19.2 Å². The van der Waals surface area contributed by atoms with Crippen molar-refractivity contribution < 1.29 is 27.9 Å². The Bertz CT molecular complexity index is 1300. The Morgan fingerprint density at radius 1 is 1.15 bits per heavy atom. The lowest BCUT2D eigenvalue weighted by Crippen LogP contribution is -2.26. The van der Waals surface area contributed by atoms with Crippen LogP contribution in [0.25, 0.3) is 0 Å². The monoisotopic (exact) mass is 485 g/mol. The molecule has 0 aliphatic heterocycles. The molecule has 0 radical (unpaired) electrons. The van der Waals surface area contributed by atoms with Crippen LogP contribution in [0, 0.1) is 13.8 Å². The first-order valence-electron chi connectivity index (χ1n) is 10.6. The van der Waals surface area contributed by atoms with E-state index in [2.05, 4.69) is 9.82 Å². The summed E-state index contributed by atoms with van der Waals surface area (Å²) in [4.78, 5) is 22.2. The molecule has 180 valence electrons. The van der Waals surface area contributed by atoms with Crippen molar-refractivity contribution in [3.05, 3.63) is 76.1 Å². The normalized spacial score (nSPS) is 11.4. The second-order valence-corrected chi connectivity index (χ2v) is 9.63. The van der Waals surface area contributed by atoms with Crippen LogP contribution in [-0.2, 0) is 34.2 Å². The average Bonchev–Trinajstić information content (AvgIpc) is 3.06. The predicted molar refractivity (Wildman–Crippen MR) is 126 cm³/mol. The third-order valence-electron chi connectivity index (χ3n) is 5.56. The topological polar surface area (TPSA) is 128 Å². The molecular formula is C24H27N3O6S. The van der Waals surface area contributed by atoms with Crippen LogP contribution >= 0.6 is 0 Å². The molecule has 0 saturated heterocycles. The van der Waals surface area contributed by atoms with E-state index in [0.29, 0.717) is 41.8 Å². The maximum atomic E-state index is 12.7. The van der Waals surface area contributed by atoms with E-state index in [9.17, 15) is 18.0 Å². The van der Waals surface area contributed by atoms with E-state index in [-0.39, 0.29) is 17.9 Å². The van der Waals surface area contributed by atoms with Gasteiger partial charge in [-0.2, -0.15) is 5.10 Å². The van der Waals surface area contributed by atoms with E-state index in [1.807, 2.05) is 6.92 Å². The highest BCUT2D eigenvalue weighted by atomic mass is 32.2. The standard InChI is InChI=1S/C24H27N3O6S/c1-16-22(13-24(29)30)17(2)27(26-16)14-19-5-8-21(9-6-19)34(31,32)25-11-10-18-4-7-20(15-28)23(12-18)33-3/h4-9,12,15,25H,10-11,13-14H2,1-3H3,(H,29,30). The number of sulfonamides is 1. The van der Waals surface area contributed by atoms with Crippen LogP contribution in [0.2, 0.25) is 0 Å². The third-order valence-corrected chi connectivity index (χ3v) is 7.03. The molecule has 0 spiro atoms. The minimum absolute atomic E-state index is 0.0888. The Hall–Kier alpha value is -3.50. The summed E-state index contributed by atoms with van der Waals surface area (Å²) in [5, 5.41) is 13.5. The summed E-state index contributed by atoms with van der Waals surface area (Å²) in [5.41, 5.74) is 4.25. The first-order valence-corrected chi connectivity index (χ1v) is 12.1. The number of aryl methyl sites for hydroxylation is 1. The Balaban J connectivity index is 1.64. The van der Waals surface area contributed by atoms with Crippen molar-refractivity contribution >= 4 is 22.3 Å². The van der Waals surface area contributed by atoms with Gasteiger partial charge in [-0.15, -0.1) is 0 Å². The molecule has 34 heavy (non-hydrogen) atoms. The lowest BCUT2D eigenvalue weighted by Gasteiger charge is -2.10. The number of rotatable bonds is 11. The average molecular weight is 486 g/mol. The zero-order valence-electron chi connectivity index (χ0n) is 19.2. The quantitative estimate of drug-likeness (QED) is 0.400. The van der Waals surface area contributed by atoms with E-state index in [1.54, 1.807) is 41.9 Å². The molecule has 2 aromatic carbocycles. The molecule has 3 aromatic rings. The Morgan fingerprint density at radius 3 is 2.44 bits per heavy atom. The lowest BCUT2D eigenvalue weighted by molar-refractivity contribution is -0.136. The number of hydrogen-bond donors (Lipinski definition) is 2. The molecule has 0 saturated carbocycles. The number of hydrogen-bond acceptors (Lipinski definition) is 6. The van der Waals surface area contributed by atoms with E-state index >= 15 is 0 Å². The summed E-state index contributed by atoms with van der Waals surface area (Å²) < 4.78 is 34.8. The second kappa shape index (κ2) is 10.6. The van der Waals surface area contributed by atoms with Crippen LogP contribution in [0.5, 0.6) is 5.75 Å². The zero-order chi connectivity index (χ0) is 24.9. The molecule has 3 rings (SSSR count). The predicted octanol–water partition coefficient (Wildman–Crippen LogP) is 2.52. The fraction of sp³-hybridized carbons (Fsp3) is 0.292. The molecule has 0 fully saturated rings. The SMILES string of the molecule is COc1cc(CCNS(=O)(=O)c2ccc(Cn3nc(C)c(CC(=O)O)c3C)cc2)ccc1C=O. The van der Waals surface area contributed by atoms with Gasteiger partial charge in [-0.1, -0.05) is 18.2 Å². The van der Waals surface area contributed by atoms with Gasteiger partial charge in [0.15, 0.2) is 6.29 Å². The fourth-order valence-electron chi connectivity index (χ4n) is 3.66. The van der Waals surface area contributed by atoms with E-state index in [0.717, 1.165) is 16.8 Å². The van der Waals surface area contributed by atoms with E-state index < -0.39 is 16.0 Å². The number of aromatic nitrogens is 2. The number of carboxylic acids is 1. The number of aldehydes is 1. The number of ether oxygens (including phenoxy) is 1. The lowest BCUT2D eigenvalue weighted by atomic mass is 10.1. The number of methoxy groups -OCH3 is 1. The first kappa shape index (κ1) is 25.1. The van der Waals surface area contributed by atoms with Gasteiger partial charge in [0, 0.05) is 17.8 Å². The molecule has 0 unspecified atom stereocenters. The van der Waals surface area contributed by atoms with Gasteiger partial charge in [0.05, 0.1) is 36.2 Å². The minimum atomic E-state index is -3.70. The molecule has 10 heteroatoms. The second-order valence-electron chi connectivity index (χ2n) is 7.86. The summed E-state index contributed by atoms with van der Waals surface area (Å²) in [6, 6.07) is 11.6. The van der Waals surface area contributed by atoms with Crippen molar-refractivity contribution in [2.45, 2.75) is 38.1 Å². The molecular weight excluding hydrogens is 458 g/mol. The molecule has 0 aliphatic carbocycles. The Labute approximate surface area is 198 Å². The van der Waals surface area contributed by atoms with Crippen molar-refractivity contribution in [2.24, 2.45) is 0 Å². The van der Waals surface area contributed by atoms with Crippen LogP contribution in [0.3, 0.4) is 0 Å². The smallest absolute Gasteiger partial charge is 0.307 e. The van der Waals surface area contributed by atoms with Crippen LogP contribution in [0.1, 0.15) is 38.4 Å². The van der Waals surface area contributed by atoms with Gasteiger partial charge in [0.1, 0.15) is 5.75 Å². The van der Waals surface area contributed by atoms with Crippen LogP contribution in [-0.4, -0.2) is 49.2 Å². The van der Waals surface area contributed by atoms with E-state index in [4.69, 9.17) is 9.84 Å². The third kappa shape index (κ3) is 5.89.